The van der Waals surface area contributed by atoms with Crippen molar-refractivity contribution in [3.8, 4) is 0 Å². The Morgan fingerprint density at radius 3 is 2.75 bits per heavy atom. The Bertz CT molecular complexity index is 368. The first-order valence-corrected chi connectivity index (χ1v) is 6.50. The SMILES string of the molecule is C[C@H](SCc1cccc(Cl)c1)C(=O)N(C)C. The molecule has 0 bridgehead atoms. The van der Waals surface area contributed by atoms with Crippen molar-refractivity contribution in [1.82, 2.24) is 4.90 Å². The van der Waals surface area contributed by atoms with Crippen LogP contribution in [-0.4, -0.2) is 30.2 Å². The van der Waals surface area contributed by atoms with Gasteiger partial charge in [-0.25, -0.2) is 0 Å². The van der Waals surface area contributed by atoms with E-state index in [1.54, 1.807) is 30.8 Å². The standard InChI is InChI=1S/C12H16ClNOS/c1-9(12(15)14(2)3)16-8-10-5-4-6-11(13)7-10/h4-7,9H,8H2,1-3H3/t9-/m0/s1. The maximum Gasteiger partial charge on any atom is 0.234 e. The molecule has 0 heterocycles. The summed E-state index contributed by atoms with van der Waals surface area (Å²) in [5, 5.41) is 0.721. The molecule has 0 aliphatic rings. The third-order valence-corrected chi connectivity index (χ3v) is 3.61. The van der Waals surface area contributed by atoms with E-state index >= 15 is 0 Å². The summed E-state index contributed by atoms with van der Waals surface area (Å²) < 4.78 is 0. The average molecular weight is 258 g/mol. The number of carbonyl (C=O) groups is 1. The number of halogens is 1. The van der Waals surface area contributed by atoms with Crippen LogP contribution < -0.4 is 0 Å². The minimum Gasteiger partial charge on any atom is -0.348 e. The molecule has 1 rings (SSSR count). The average Bonchev–Trinajstić information content (AvgIpc) is 2.24. The molecule has 0 fully saturated rings. The summed E-state index contributed by atoms with van der Waals surface area (Å²) in [5.41, 5.74) is 1.15. The van der Waals surface area contributed by atoms with Crippen LogP contribution in [0.3, 0.4) is 0 Å². The van der Waals surface area contributed by atoms with Crippen molar-refractivity contribution in [3.63, 3.8) is 0 Å². The lowest BCUT2D eigenvalue weighted by atomic mass is 10.2. The van der Waals surface area contributed by atoms with Gasteiger partial charge in [-0.05, 0) is 24.6 Å². The summed E-state index contributed by atoms with van der Waals surface area (Å²) in [6, 6.07) is 7.73. The van der Waals surface area contributed by atoms with Gasteiger partial charge in [0.1, 0.15) is 0 Å². The minimum atomic E-state index is -0.0195. The Hall–Kier alpha value is -0.670. The summed E-state index contributed by atoms with van der Waals surface area (Å²) in [6.45, 7) is 1.93. The lowest BCUT2D eigenvalue weighted by Crippen LogP contribution is -2.29. The van der Waals surface area contributed by atoms with Crippen molar-refractivity contribution in [1.29, 1.82) is 0 Å². The van der Waals surface area contributed by atoms with Gasteiger partial charge in [0.15, 0.2) is 0 Å². The van der Waals surface area contributed by atoms with Gasteiger partial charge in [-0.15, -0.1) is 11.8 Å². The first-order chi connectivity index (χ1) is 7.50. The number of benzene rings is 1. The second-order valence-corrected chi connectivity index (χ2v) is 5.58. The van der Waals surface area contributed by atoms with Crippen molar-refractivity contribution in [3.05, 3.63) is 34.9 Å². The molecule has 1 atom stereocenters. The molecule has 0 saturated carbocycles. The third kappa shape index (κ3) is 4.06. The number of amides is 1. The first kappa shape index (κ1) is 13.4. The molecule has 0 N–H and O–H groups in total. The van der Waals surface area contributed by atoms with Gasteiger partial charge in [0.25, 0.3) is 0 Å². The zero-order valence-electron chi connectivity index (χ0n) is 9.74. The van der Waals surface area contributed by atoms with Gasteiger partial charge in [-0.2, -0.15) is 0 Å². The molecular formula is C12H16ClNOS. The fraction of sp³-hybridized carbons (Fsp3) is 0.417. The molecule has 88 valence electrons. The van der Waals surface area contributed by atoms with Gasteiger partial charge < -0.3 is 4.90 Å². The molecule has 16 heavy (non-hydrogen) atoms. The lowest BCUT2D eigenvalue weighted by Gasteiger charge is -2.16. The molecule has 0 aliphatic carbocycles. The molecule has 0 radical (unpaired) electrons. The Kier molecular flexibility index (Phi) is 5.16. The van der Waals surface area contributed by atoms with Crippen LogP contribution in [0.1, 0.15) is 12.5 Å². The summed E-state index contributed by atoms with van der Waals surface area (Å²) in [6.07, 6.45) is 0. The van der Waals surface area contributed by atoms with Crippen LogP contribution in [0.25, 0.3) is 0 Å². The molecule has 2 nitrogen and oxygen atoms in total. The molecule has 0 aliphatic heterocycles. The van der Waals surface area contributed by atoms with Crippen molar-refractivity contribution in [2.24, 2.45) is 0 Å². The zero-order chi connectivity index (χ0) is 12.1. The molecule has 4 heteroatoms. The van der Waals surface area contributed by atoms with Crippen LogP contribution in [0.2, 0.25) is 5.02 Å². The Balaban J connectivity index is 2.49. The summed E-state index contributed by atoms with van der Waals surface area (Å²) in [7, 11) is 3.55. The predicted molar refractivity (Wildman–Crippen MR) is 70.9 cm³/mol. The van der Waals surface area contributed by atoms with Crippen LogP contribution >= 0.6 is 23.4 Å². The monoisotopic (exact) mass is 257 g/mol. The highest BCUT2D eigenvalue weighted by Crippen LogP contribution is 2.20. The van der Waals surface area contributed by atoms with E-state index in [1.807, 2.05) is 31.2 Å². The molecule has 0 aromatic heterocycles. The topological polar surface area (TPSA) is 20.3 Å². The summed E-state index contributed by atoms with van der Waals surface area (Å²) in [5.74, 6) is 0.952. The predicted octanol–water partition coefficient (Wildman–Crippen LogP) is 3.05. The van der Waals surface area contributed by atoms with Gasteiger partial charge in [-0.3, -0.25) is 4.79 Å². The van der Waals surface area contributed by atoms with Crippen LogP contribution in [0.5, 0.6) is 0 Å². The Labute approximate surface area is 106 Å². The summed E-state index contributed by atoms with van der Waals surface area (Å²) in [4.78, 5) is 13.2. The normalized spacial score (nSPS) is 12.2. The number of hydrogen-bond donors (Lipinski definition) is 0. The highest BCUT2D eigenvalue weighted by Gasteiger charge is 2.14. The number of carbonyl (C=O) groups excluding carboxylic acids is 1. The van der Waals surface area contributed by atoms with E-state index in [1.165, 1.54) is 0 Å². The molecule has 1 aromatic rings. The van der Waals surface area contributed by atoms with E-state index in [0.717, 1.165) is 16.3 Å². The minimum absolute atomic E-state index is 0.0195. The van der Waals surface area contributed by atoms with Crippen LogP contribution in [-0.2, 0) is 10.5 Å². The number of rotatable bonds is 4. The third-order valence-electron chi connectivity index (χ3n) is 2.18. The largest absolute Gasteiger partial charge is 0.348 e. The molecule has 1 amide bonds. The Morgan fingerprint density at radius 2 is 2.19 bits per heavy atom. The van der Waals surface area contributed by atoms with Crippen molar-refractivity contribution >= 4 is 29.3 Å². The molecular weight excluding hydrogens is 242 g/mol. The fourth-order valence-corrected chi connectivity index (χ4v) is 2.47. The second kappa shape index (κ2) is 6.16. The molecule has 0 saturated heterocycles. The zero-order valence-corrected chi connectivity index (χ0v) is 11.3. The van der Waals surface area contributed by atoms with Gasteiger partial charge in [0.2, 0.25) is 5.91 Å². The number of hydrogen-bond acceptors (Lipinski definition) is 2. The molecule has 0 unspecified atom stereocenters. The van der Waals surface area contributed by atoms with Gasteiger partial charge in [0, 0.05) is 24.9 Å². The van der Waals surface area contributed by atoms with Crippen LogP contribution in [0.4, 0.5) is 0 Å². The smallest absolute Gasteiger partial charge is 0.234 e. The molecule has 1 aromatic carbocycles. The quantitative estimate of drug-likeness (QED) is 0.826. The van der Waals surface area contributed by atoms with Gasteiger partial charge in [0.05, 0.1) is 5.25 Å². The van der Waals surface area contributed by atoms with E-state index < -0.39 is 0 Å². The maximum absolute atomic E-state index is 11.6. The van der Waals surface area contributed by atoms with Crippen molar-refractivity contribution in [2.75, 3.05) is 14.1 Å². The van der Waals surface area contributed by atoms with E-state index in [4.69, 9.17) is 11.6 Å². The summed E-state index contributed by atoms with van der Waals surface area (Å²) >= 11 is 7.51. The van der Waals surface area contributed by atoms with E-state index in [2.05, 4.69) is 0 Å². The van der Waals surface area contributed by atoms with E-state index in [-0.39, 0.29) is 11.2 Å². The highest BCUT2D eigenvalue weighted by atomic mass is 35.5. The first-order valence-electron chi connectivity index (χ1n) is 5.08. The van der Waals surface area contributed by atoms with E-state index in [9.17, 15) is 4.79 Å². The van der Waals surface area contributed by atoms with Crippen molar-refractivity contribution < 1.29 is 4.79 Å². The van der Waals surface area contributed by atoms with Crippen LogP contribution in [0.15, 0.2) is 24.3 Å². The highest BCUT2D eigenvalue weighted by molar-refractivity contribution is 7.99. The lowest BCUT2D eigenvalue weighted by molar-refractivity contribution is -0.127. The second-order valence-electron chi connectivity index (χ2n) is 3.82. The van der Waals surface area contributed by atoms with Gasteiger partial charge >= 0.3 is 0 Å². The Morgan fingerprint density at radius 1 is 1.50 bits per heavy atom. The maximum atomic E-state index is 11.6. The number of thioether (sulfide) groups is 1. The van der Waals surface area contributed by atoms with E-state index in [0.29, 0.717) is 0 Å². The molecule has 0 spiro atoms. The number of nitrogens with zero attached hydrogens (tertiary/aromatic N) is 1. The van der Waals surface area contributed by atoms with Crippen molar-refractivity contribution in [2.45, 2.75) is 17.9 Å². The van der Waals surface area contributed by atoms with Gasteiger partial charge in [-0.1, -0.05) is 23.7 Å². The fourth-order valence-electron chi connectivity index (χ4n) is 1.28. The van der Waals surface area contributed by atoms with Crippen LogP contribution in [0, 0.1) is 0 Å².